The van der Waals surface area contributed by atoms with Crippen LogP contribution in [0.3, 0.4) is 0 Å². The Morgan fingerprint density at radius 1 is 1.26 bits per heavy atom. The molecule has 1 aromatic rings. The summed E-state index contributed by atoms with van der Waals surface area (Å²) in [5, 5.41) is 0. The zero-order chi connectivity index (χ0) is 14.5. The number of hydrogen-bond acceptors (Lipinski definition) is 3. The second kappa shape index (κ2) is 6.45. The minimum atomic E-state index is -3.58. The molecule has 19 heavy (non-hydrogen) atoms. The van der Waals surface area contributed by atoms with Crippen LogP contribution >= 0.6 is 0 Å². The molecule has 0 saturated heterocycles. The van der Waals surface area contributed by atoms with Crippen LogP contribution in [0.25, 0.3) is 0 Å². The van der Waals surface area contributed by atoms with E-state index in [-0.39, 0.29) is 17.9 Å². The van der Waals surface area contributed by atoms with Crippen LogP contribution in [0.4, 0.5) is 4.39 Å². The van der Waals surface area contributed by atoms with Gasteiger partial charge in [0, 0.05) is 17.6 Å². The molecule has 0 atom stereocenters. The van der Waals surface area contributed by atoms with Crippen molar-refractivity contribution in [1.82, 2.24) is 4.72 Å². The van der Waals surface area contributed by atoms with Crippen molar-refractivity contribution in [1.29, 1.82) is 0 Å². The molecule has 0 heterocycles. The highest BCUT2D eigenvalue weighted by atomic mass is 32.2. The molecule has 0 amide bonds. The maximum atomic E-state index is 13.4. The van der Waals surface area contributed by atoms with Crippen LogP contribution in [-0.4, -0.2) is 20.5 Å². The molecule has 1 aromatic carbocycles. The molecule has 0 aliphatic carbocycles. The summed E-state index contributed by atoms with van der Waals surface area (Å²) in [4.78, 5) is 0. The highest BCUT2D eigenvalue weighted by molar-refractivity contribution is 7.88. The quantitative estimate of drug-likeness (QED) is 0.803. The van der Waals surface area contributed by atoms with Crippen LogP contribution in [0.2, 0.25) is 0 Å². The van der Waals surface area contributed by atoms with Crippen molar-refractivity contribution in [2.75, 3.05) is 6.54 Å². The van der Waals surface area contributed by atoms with Gasteiger partial charge in [-0.1, -0.05) is 32.0 Å². The first-order chi connectivity index (χ1) is 8.82. The zero-order valence-electron chi connectivity index (χ0n) is 11.3. The molecule has 4 nitrogen and oxygen atoms in total. The highest BCUT2D eigenvalue weighted by Crippen LogP contribution is 2.13. The fraction of sp³-hybridized carbons (Fsp3) is 0.538. The van der Waals surface area contributed by atoms with Crippen LogP contribution in [0.5, 0.6) is 0 Å². The van der Waals surface area contributed by atoms with E-state index < -0.39 is 21.4 Å². The Morgan fingerprint density at radius 3 is 2.37 bits per heavy atom. The predicted molar refractivity (Wildman–Crippen MR) is 74.5 cm³/mol. The Hall–Kier alpha value is -0.980. The maximum absolute atomic E-state index is 13.4. The zero-order valence-corrected chi connectivity index (χ0v) is 12.1. The Balaban J connectivity index is 2.70. The lowest BCUT2D eigenvalue weighted by Gasteiger charge is -2.26. The first-order valence-electron chi connectivity index (χ1n) is 6.31. The Labute approximate surface area is 114 Å². The van der Waals surface area contributed by atoms with Gasteiger partial charge in [0.15, 0.2) is 0 Å². The van der Waals surface area contributed by atoms with Gasteiger partial charge >= 0.3 is 0 Å². The van der Waals surface area contributed by atoms with Gasteiger partial charge in [0.05, 0.1) is 5.75 Å². The van der Waals surface area contributed by atoms with E-state index in [1.807, 2.05) is 13.8 Å². The molecule has 0 fully saturated rings. The molecule has 0 aromatic heterocycles. The van der Waals surface area contributed by atoms with Crippen LogP contribution in [0, 0.1) is 5.82 Å². The van der Waals surface area contributed by atoms with Crippen molar-refractivity contribution in [2.45, 2.75) is 38.0 Å². The molecule has 0 bridgehead atoms. The number of nitrogens with two attached hydrogens (primary N) is 1. The third-order valence-electron chi connectivity index (χ3n) is 3.36. The van der Waals surface area contributed by atoms with E-state index in [2.05, 4.69) is 4.72 Å². The molecular weight excluding hydrogens is 267 g/mol. The Bertz CT molecular complexity index is 513. The van der Waals surface area contributed by atoms with E-state index in [0.717, 1.165) is 0 Å². The highest BCUT2D eigenvalue weighted by Gasteiger charge is 2.23. The molecule has 3 N–H and O–H groups in total. The number of benzene rings is 1. The summed E-state index contributed by atoms with van der Waals surface area (Å²) in [5.74, 6) is -0.888. The SMILES string of the molecule is CCC(N)(CC)CNS(=O)(=O)Cc1ccccc1F. The molecule has 0 aliphatic heterocycles. The summed E-state index contributed by atoms with van der Waals surface area (Å²) in [6.45, 7) is 3.99. The van der Waals surface area contributed by atoms with Crippen molar-refractivity contribution in [2.24, 2.45) is 5.73 Å². The fourth-order valence-corrected chi connectivity index (χ4v) is 2.88. The van der Waals surface area contributed by atoms with Crippen molar-refractivity contribution < 1.29 is 12.8 Å². The smallest absolute Gasteiger partial charge is 0.215 e. The largest absolute Gasteiger partial charge is 0.324 e. The van der Waals surface area contributed by atoms with E-state index >= 15 is 0 Å². The average molecular weight is 288 g/mol. The molecule has 1 rings (SSSR count). The van der Waals surface area contributed by atoms with Gasteiger partial charge in [-0.2, -0.15) is 0 Å². The molecule has 0 unspecified atom stereocenters. The van der Waals surface area contributed by atoms with Crippen LogP contribution in [0.15, 0.2) is 24.3 Å². The summed E-state index contributed by atoms with van der Waals surface area (Å²) in [7, 11) is -3.58. The van der Waals surface area contributed by atoms with Crippen molar-refractivity contribution >= 4 is 10.0 Å². The summed E-state index contributed by atoms with van der Waals surface area (Å²) in [6, 6.07) is 5.84. The summed E-state index contributed by atoms with van der Waals surface area (Å²) in [6.07, 6.45) is 1.34. The van der Waals surface area contributed by atoms with Gasteiger partial charge in [0.25, 0.3) is 0 Å². The second-order valence-electron chi connectivity index (χ2n) is 4.74. The molecule has 108 valence electrons. The van der Waals surface area contributed by atoms with E-state index in [1.165, 1.54) is 18.2 Å². The van der Waals surface area contributed by atoms with Gasteiger partial charge < -0.3 is 5.73 Å². The topological polar surface area (TPSA) is 72.2 Å². The molecule has 0 aliphatic rings. The van der Waals surface area contributed by atoms with Crippen LogP contribution < -0.4 is 10.5 Å². The molecule has 6 heteroatoms. The van der Waals surface area contributed by atoms with Crippen molar-refractivity contribution in [3.63, 3.8) is 0 Å². The van der Waals surface area contributed by atoms with Crippen molar-refractivity contribution in [3.05, 3.63) is 35.6 Å². The van der Waals surface area contributed by atoms with E-state index in [4.69, 9.17) is 5.73 Å². The third kappa shape index (κ3) is 4.89. The Morgan fingerprint density at radius 2 is 1.84 bits per heavy atom. The van der Waals surface area contributed by atoms with Crippen molar-refractivity contribution in [3.8, 4) is 0 Å². The summed E-state index contributed by atoms with van der Waals surface area (Å²) in [5.41, 5.74) is 5.63. The molecule has 0 spiro atoms. The predicted octanol–water partition coefficient (Wildman–Crippen LogP) is 1.76. The minimum Gasteiger partial charge on any atom is -0.324 e. The number of halogens is 1. The van der Waals surface area contributed by atoms with E-state index in [1.54, 1.807) is 6.07 Å². The first-order valence-corrected chi connectivity index (χ1v) is 7.97. The number of hydrogen-bond donors (Lipinski definition) is 2. The summed E-state index contributed by atoms with van der Waals surface area (Å²) < 4.78 is 39.7. The van der Waals surface area contributed by atoms with Gasteiger partial charge in [-0.3, -0.25) is 0 Å². The monoisotopic (exact) mass is 288 g/mol. The minimum absolute atomic E-state index is 0.158. The van der Waals surface area contributed by atoms with Gasteiger partial charge in [-0.25, -0.2) is 17.5 Å². The molecule has 0 radical (unpaired) electrons. The standard InChI is InChI=1S/C13H21FN2O2S/c1-3-13(15,4-2)10-16-19(17,18)9-11-7-5-6-8-12(11)14/h5-8,16H,3-4,9-10,15H2,1-2H3. The Kier molecular flexibility index (Phi) is 5.46. The number of sulfonamides is 1. The van der Waals surface area contributed by atoms with E-state index in [9.17, 15) is 12.8 Å². The molecular formula is C13H21FN2O2S. The van der Waals surface area contributed by atoms with Crippen LogP contribution in [-0.2, 0) is 15.8 Å². The molecule has 0 saturated carbocycles. The lowest BCUT2D eigenvalue weighted by Crippen LogP contribution is -2.49. The number of rotatable bonds is 7. The van der Waals surface area contributed by atoms with Gasteiger partial charge in [0.2, 0.25) is 10.0 Å². The van der Waals surface area contributed by atoms with Gasteiger partial charge in [-0.05, 0) is 18.9 Å². The first kappa shape index (κ1) is 16.1. The fourth-order valence-electron chi connectivity index (χ4n) is 1.62. The lowest BCUT2D eigenvalue weighted by molar-refractivity contribution is 0.391. The van der Waals surface area contributed by atoms with Gasteiger partial charge in [0.1, 0.15) is 5.82 Å². The number of nitrogens with one attached hydrogen (secondary N) is 1. The summed E-state index contributed by atoms with van der Waals surface area (Å²) >= 11 is 0. The van der Waals surface area contributed by atoms with Crippen LogP contribution in [0.1, 0.15) is 32.3 Å². The third-order valence-corrected chi connectivity index (χ3v) is 4.63. The van der Waals surface area contributed by atoms with E-state index in [0.29, 0.717) is 12.8 Å². The average Bonchev–Trinajstić information content (AvgIpc) is 2.39. The lowest BCUT2D eigenvalue weighted by atomic mass is 9.95. The normalized spacial score (nSPS) is 12.6. The second-order valence-corrected chi connectivity index (χ2v) is 6.55. The maximum Gasteiger partial charge on any atom is 0.215 e. The van der Waals surface area contributed by atoms with Gasteiger partial charge in [-0.15, -0.1) is 0 Å².